The fourth-order valence-electron chi connectivity index (χ4n) is 3.70. The third-order valence-electron chi connectivity index (χ3n) is 4.86. The predicted molar refractivity (Wildman–Crippen MR) is 81.2 cm³/mol. The number of hydrogen-bond acceptors (Lipinski definition) is 2. The highest BCUT2D eigenvalue weighted by atomic mass is 16.4. The first-order valence-electron chi connectivity index (χ1n) is 8.41. The van der Waals surface area contributed by atoms with Crippen molar-refractivity contribution in [3.63, 3.8) is 0 Å². The van der Waals surface area contributed by atoms with Crippen LogP contribution in [0.2, 0.25) is 0 Å². The van der Waals surface area contributed by atoms with E-state index >= 15 is 0 Å². The third kappa shape index (κ3) is 4.35. The number of carboxylic acid groups (broad SMARTS) is 1. The van der Waals surface area contributed by atoms with Crippen LogP contribution in [0.3, 0.4) is 0 Å². The van der Waals surface area contributed by atoms with Crippen LogP contribution < -0.4 is 5.32 Å². The van der Waals surface area contributed by atoms with Gasteiger partial charge in [0.2, 0.25) is 0 Å². The average Bonchev–Trinajstić information content (AvgIpc) is 2.48. The van der Waals surface area contributed by atoms with Crippen LogP contribution in [0.1, 0.15) is 64.7 Å². The normalized spacial score (nSPS) is 30.0. The zero-order chi connectivity index (χ0) is 15.2. The molecule has 0 aromatic carbocycles. The molecule has 1 saturated heterocycles. The summed E-state index contributed by atoms with van der Waals surface area (Å²) >= 11 is 0. The van der Waals surface area contributed by atoms with Gasteiger partial charge in [-0.1, -0.05) is 19.8 Å². The lowest BCUT2D eigenvalue weighted by molar-refractivity contribution is -0.143. The molecule has 0 bridgehead atoms. The van der Waals surface area contributed by atoms with Crippen molar-refractivity contribution in [2.24, 2.45) is 5.92 Å². The molecule has 21 heavy (non-hydrogen) atoms. The molecule has 1 saturated carbocycles. The Morgan fingerprint density at radius 2 is 2.00 bits per heavy atom. The standard InChI is InChI=1S/C16H28N2O3/c1-2-6-14-9-3-4-10-18(14)16(21)17-13-8-5-7-12(11-13)15(19)20/h12-14H,2-11H2,1H3,(H,17,21)(H,19,20). The van der Waals surface area contributed by atoms with Crippen LogP contribution in [0.5, 0.6) is 0 Å². The first-order chi connectivity index (χ1) is 10.1. The molecule has 2 amide bonds. The van der Waals surface area contributed by atoms with Gasteiger partial charge >= 0.3 is 12.0 Å². The summed E-state index contributed by atoms with van der Waals surface area (Å²) in [6.07, 6.45) is 8.66. The minimum Gasteiger partial charge on any atom is -0.481 e. The number of carboxylic acids is 1. The van der Waals surface area contributed by atoms with Crippen molar-refractivity contribution in [1.82, 2.24) is 10.2 Å². The summed E-state index contributed by atoms with van der Waals surface area (Å²) in [5.74, 6) is -1.02. The highest BCUT2D eigenvalue weighted by Gasteiger charge is 2.31. The van der Waals surface area contributed by atoms with Gasteiger partial charge in [-0.15, -0.1) is 0 Å². The number of hydrogen-bond donors (Lipinski definition) is 2. The van der Waals surface area contributed by atoms with Crippen molar-refractivity contribution in [2.75, 3.05) is 6.54 Å². The Kier molecular flexibility index (Phi) is 5.88. The smallest absolute Gasteiger partial charge is 0.317 e. The molecule has 5 nitrogen and oxygen atoms in total. The molecule has 0 radical (unpaired) electrons. The fourth-order valence-corrected chi connectivity index (χ4v) is 3.70. The maximum absolute atomic E-state index is 12.5. The van der Waals surface area contributed by atoms with E-state index in [0.29, 0.717) is 12.5 Å². The minimum absolute atomic E-state index is 0.0178. The molecule has 2 N–H and O–H groups in total. The van der Waals surface area contributed by atoms with Gasteiger partial charge in [-0.05, 0) is 44.9 Å². The van der Waals surface area contributed by atoms with Gasteiger partial charge in [0.05, 0.1) is 5.92 Å². The molecule has 5 heteroatoms. The Morgan fingerprint density at radius 1 is 1.19 bits per heavy atom. The van der Waals surface area contributed by atoms with Crippen LogP contribution in [0.4, 0.5) is 4.79 Å². The molecule has 0 aromatic rings. The molecule has 1 aliphatic heterocycles. The van der Waals surface area contributed by atoms with Crippen molar-refractivity contribution in [3.8, 4) is 0 Å². The summed E-state index contributed by atoms with van der Waals surface area (Å²) in [6.45, 7) is 2.99. The van der Waals surface area contributed by atoms with Gasteiger partial charge < -0.3 is 15.3 Å². The number of nitrogens with one attached hydrogen (secondary N) is 1. The summed E-state index contributed by atoms with van der Waals surface area (Å²) in [5, 5.41) is 12.2. The SMILES string of the molecule is CCCC1CCCCN1C(=O)NC1CCCC(C(=O)O)C1. The van der Waals surface area contributed by atoms with Gasteiger partial charge in [-0.25, -0.2) is 4.79 Å². The molecule has 3 atom stereocenters. The first kappa shape index (κ1) is 16.1. The van der Waals surface area contributed by atoms with Crippen molar-refractivity contribution >= 4 is 12.0 Å². The number of piperidine rings is 1. The summed E-state index contributed by atoms with van der Waals surface area (Å²) < 4.78 is 0. The highest BCUT2D eigenvalue weighted by molar-refractivity contribution is 5.75. The van der Waals surface area contributed by atoms with Gasteiger partial charge in [0.25, 0.3) is 0 Å². The van der Waals surface area contributed by atoms with Crippen LogP contribution >= 0.6 is 0 Å². The monoisotopic (exact) mass is 296 g/mol. The predicted octanol–water partition coefficient (Wildman–Crippen LogP) is 2.99. The number of urea groups is 1. The Balaban J connectivity index is 1.88. The van der Waals surface area contributed by atoms with Crippen LogP contribution in [0.25, 0.3) is 0 Å². The first-order valence-corrected chi connectivity index (χ1v) is 8.41. The third-order valence-corrected chi connectivity index (χ3v) is 4.86. The number of rotatable bonds is 4. The molecule has 0 aromatic heterocycles. The fraction of sp³-hybridized carbons (Fsp3) is 0.875. The number of aliphatic carboxylic acids is 1. The Hall–Kier alpha value is -1.26. The van der Waals surface area contributed by atoms with E-state index in [-0.39, 0.29) is 18.0 Å². The Morgan fingerprint density at radius 3 is 2.71 bits per heavy atom. The van der Waals surface area contributed by atoms with Crippen LogP contribution in [-0.2, 0) is 4.79 Å². The van der Waals surface area contributed by atoms with Crippen molar-refractivity contribution in [3.05, 3.63) is 0 Å². The van der Waals surface area contributed by atoms with E-state index in [0.717, 1.165) is 51.5 Å². The second-order valence-corrected chi connectivity index (χ2v) is 6.48. The lowest BCUT2D eigenvalue weighted by Gasteiger charge is -2.37. The highest BCUT2D eigenvalue weighted by Crippen LogP contribution is 2.26. The molecule has 120 valence electrons. The number of amides is 2. The molecule has 2 rings (SSSR count). The van der Waals surface area contributed by atoms with E-state index in [1.54, 1.807) is 0 Å². The van der Waals surface area contributed by atoms with Crippen molar-refractivity contribution in [1.29, 1.82) is 0 Å². The van der Waals surface area contributed by atoms with Crippen molar-refractivity contribution < 1.29 is 14.7 Å². The second kappa shape index (κ2) is 7.66. The molecule has 0 spiro atoms. The van der Waals surface area contributed by atoms with E-state index in [4.69, 9.17) is 5.11 Å². The summed E-state index contributed by atoms with van der Waals surface area (Å²) in [4.78, 5) is 25.6. The number of nitrogens with zero attached hydrogens (tertiary/aromatic N) is 1. The zero-order valence-electron chi connectivity index (χ0n) is 13.0. The minimum atomic E-state index is -0.726. The molecule has 2 fully saturated rings. The lowest BCUT2D eigenvalue weighted by Crippen LogP contribution is -2.52. The van der Waals surface area contributed by atoms with Crippen LogP contribution in [0.15, 0.2) is 0 Å². The second-order valence-electron chi connectivity index (χ2n) is 6.48. The van der Waals surface area contributed by atoms with Crippen molar-refractivity contribution in [2.45, 2.75) is 76.8 Å². The number of carbonyl (C=O) groups excluding carboxylic acids is 1. The Labute approximate surface area is 127 Å². The van der Waals surface area contributed by atoms with E-state index in [2.05, 4.69) is 12.2 Å². The average molecular weight is 296 g/mol. The topological polar surface area (TPSA) is 69.6 Å². The summed E-state index contributed by atoms with van der Waals surface area (Å²) in [6, 6.07) is 0.406. The quantitative estimate of drug-likeness (QED) is 0.838. The molecule has 1 aliphatic carbocycles. The number of carbonyl (C=O) groups is 2. The largest absolute Gasteiger partial charge is 0.481 e. The molecular weight excluding hydrogens is 268 g/mol. The van der Waals surface area contributed by atoms with Gasteiger partial charge in [-0.3, -0.25) is 4.79 Å². The van der Waals surface area contributed by atoms with E-state index in [1.807, 2.05) is 4.90 Å². The Bertz CT molecular complexity index is 371. The molecule has 1 heterocycles. The van der Waals surface area contributed by atoms with Gasteiger partial charge in [-0.2, -0.15) is 0 Å². The van der Waals surface area contributed by atoms with Crippen LogP contribution in [-0.4, -0.2) is 40.6 Å². The van der Waals surface area contributed by atoms with E-state index in [9.17, 15) is 9.59 Å². The van der Waals surface area contributed by atoms with E-state index in [1.165, 1.54) is 6.42 Å². The molecular formula is C16H28N2O3. The van der Waals surface area contributed by atoms with E-state index < -0.39 is 5.97 Å². The number of likely N-dealkylation sites (tertiary alicyclic amines) is 1. The maximum Gasteiger partial charge on any atom is 0.317 e. The lowest BCUT2D eigenvalue weighted by atomic mass is 9.86. The summed E-state index contributed by atoms with van der Waals surface area (Å²) in [5.41, 5.74) is 0. The maximum atomic E-state index is 12.5. The van der Waals surface area contributed by atoms with Gasteiger partial charge in [0.15, 0.2) is 0 Å². The molecule has 3 unspecified atom stereocenters. The van der Waals surface area contributed by atoms with Gasteiger partial charge in [0, 0.05) is 18.6 Å². The molecule has 2 aliphatic rings. The van der Waals surface area contributed by atoms with Gasteiger partial charge in [0.1, 0.15) is 0 Å². The van der Waals surface area contributed by atoms with Crippen LogP contribution in [0, 0.1) is 5.92 Å². The summed E-state index contributed by atoms with van der Waals surface area (Å²) in [7, 11) is 0. The zero-order valence-corrected chi connectivity index (χ0v) is 13.0.